The lowest BCUT2D eigenvalue weighted by atomic mass is 10.1. The largest absolute Gasteiger partial charge is 0.454 e. The fourth-order valence-electron chi connectivity index (χ4n) is 2.59. The zero-order chi connectivity index (χ0) is 17.4. The predicted octanol–water partition coefficient (Wildman–Crippen LogP) is 1.69. The van der Waals surface area contributed by atoms with Gasteiger partial charge >= 0.3 is 6.01 Å². The van der Waals surface area contributed by atoms with E-state index in [1.807, 2.05) is 19.1 Å². The fourth-order valence-corrected chi connectivity index (χ4v) is 2.59. The number of carbonyl (C=O) groups is 1. The van der Waals surface area contributed by atoms with Crippen LogP contribution < -0.4 is 14.8 Å². The fraction of sp³-hybridized carbons (Fsp3) is 0.250. The van der Waals surface area contributed by atoms with Crippen molar-refractivity contribution in [2.45, 2.75) is 13.3 Å². The van der Waals surface area contributed by atoms with E-state index in [9.17, 15) is 4.79 Å². The van der Waals surface area contributed by atoms with Crippen molar-refractivity contribution >= 4 is 11.9 Å². The molecule has 0 unspecified atom stereocenters. The number of benzene rings is 1. The van der Waals surface area contributed by atoms with Gasteiger partial charge in [-0.3, -0.25) is 14.8 Å². The van der Waals surface area contributed by atoms with Gasteiger partial charge in [-0.05, 0) is 30.7 Å². The molecule has 0 atom stereocenters. The number of aromatic nitrogens is 4. The number of aryl methyl sites for hydroxylation is 2. The summed E-state index contributed by atoms with van der Waals surface area (Å²) in [5.41, 5.74) is 2.31. The van der Waals surface area contributed by atoms with Crippen LogP contribution in [0.2, 0.25) is 0 Å². The standard InChI is InChI=1S/C16H15N5O4/c1-9-5-11(21(2)20-9)15-18-19-16(25-15)17-14(22)7-10-3-4-12-13(6-10)24-8-23-12/h3-6H,7-8H2,1-2H3,(H,17,19,22). The maximum absolute atomic E-state index is 12.2. The summed E-state index contributed by atoms with van der Waals surface area (Å²) < 4.78 is 17.7. The van der Waals surface area contributed by atoms with Gasteiger partial charge in [0.15, 0.2) is 11.5 Å². The number of fused-ring (bicyclic) bond motifs is 1. The normalized spacial score (nSPS) is 12.4. The molecule has 9 heteroatoms. The highest BCUT2D eigenvalue weighted by molar-refractivity contribution is 5.90. The van der Waals surface area contributed by atoms with E-state index in [2.05, 4.69) is 20.6 Å². The van der Waals surface area contributed by atoms with Crippen molar-refractivity contribution in [3.8, 4) is 23.1 Å². The van der Waals surface area contributed by atoms with E-state index in [0.717, 1.165) is 11.3 Å². The minimum atomic E-state index is -0.268. The lowest BCUT2D eigenvalue weighted by Crippen LogP contribution is -2.14. The van der Waals surface area contributed by atoms with Crippen LogP contribution in [0.4, 0.5) is 6.01 Å². The third kappa shape index (κ3) is 3.03. The first kappa shape index (κ1) is 15.2. The summed E-state index contributed by atoms with van der Waals surface area (Å²) in [7, 11) is 1.78. The summed E-state index contributed by atoms with van der Waals surface area (Å²) in [5.74, 6) is 1.34. The molecule has 0 bridgehead atoms. The highest BCUT2D eigenvalue weighted by Crippen LogP contribution is 2.32. The molecule has 1 aromatic carbocycles. The summed E-state index contributed by atoms with van der Waals surface area (Å²) in [6.07, 6.45) is 0.152. The lowest BCUT2D eigenvalue weighted by molar-refractivity contribution is -0.115. The monoisotopic (exact) mass is 341 g/mol. The first-order chi connectivity index (χ1) is 12.1. The predicted molar refractivity (Wildman–Crippen MR) is 86.1 cm³/mol. The molecule has 1 N–H and O–H groups in total. The van der Waals surface area contributed by atoms with Crippen LogP contribution in [0, 0.1) is 6.92 Å². The topological polar surface area (TPSA) is 104 Å². The van der Waals surface area contributed by atoms with Gasteiger partial charge in [-0.25, -0.2) is 0 Å². The number of carbonyl (C=O) groups excluding carboxylic acids is 1. The molecular weight excluding hydrogens is 326 g/mol. The van der Waals surface area contributed by atoms with Gasteiger partial charge in [0.2, 0.25) is 12.7 Å². The Hall–Kier alpha value is -3.36. The minimum Gasteiger partial charge on any atom is -0.454 e. The molecule has 1 aliphatic heterocycles. The second-order valence-electron chi connectivity index (χ2n) is 5.62. The van der Waals surface area contributed by atoms with Gasteiger partial charge in [0, 0.05) is 7.05 Å². The van der Waals surface area contributed by atoms with Crippen LogP contribution in [-0.4, -0.2) is 32.7 Å². The van der Waals surface area contributed by atoms with E-state index in [4.69, 9.17) is 13.9 Å². The number of hydrogen-bond donors (Lipinski definition) is 1. The van der Waals surface area contributed by atoms with Crippen LogP contribution >= 0.6 is 0 Å². The van der Waals surface area contributed by atoms with Crippen molar-refractivity contribution in [1.29, 1.82) is 0 Å². The van der Waals surface area contributed by atoms with Crippen LogP contribution in [0.5, 0.6) is 11.5 Å². The third-order valence-corrected chi connectivity index (χ3v) is 3.69. The lowest BCUT2D eigenvalue weighted by Gasteiger charge is -2.02. The van der Waals surface area contributed by atoms with Crippen LogP contribution in [-0.2, 0) is 18.3 Å². The number of rotatable bonds is 4. The second kappa shape index (κ2) is 5.93. The van der Waals surface area contributed by atoms with Gasteiger partial charge in [0.05, 0.1) is 12.1 Å². The number of nitrogens with one attached hydrogen (secondary N) is 1. The molecular formula is C16H15N5O4. The Bertz CT molecular complexity index is 946. The van der Waals surface area contributed by atoms with E-state index in [-0.39, 0.29) is 25.1 Å². The molecule has 0 fully saturated rings. The quantitative estimate of drug-likeness (QED) is 0.770. The Labute approximate surface area is 142 Å². The van der Waals surface area contributed by atoms with E-state index >= 15 is 0 Å². The average molecular weight is 341 g/mol. The van der Waals surface area contributed by atoms with Crippen molar-refractivity contribution in [2.24, 2.45) is 7.05 Å². The van der Waals surface area contributed by atoms with Crippen LogP contribution in [0.1, 0.15) is 11.3 Å². The first-order valence-electron chi connectivity index (χ1n) is 7.61. The van der Waals surface area contributed by atoms with E-state index in [0.29, 0.717) is 23.1 Å². The zero-order valence-corrected chi connectivity index (χ0v) is 13.6. The summed E-state index contributed by atoms with van der Waals surface area (Å²) in [4.78, 5) is 12.2. The van der Waals surface area contributed by atoms with Crippen LogP contribution in [0.3, 0.4) is 0 Å². The summed E-state index contributed by atoms with van der Waals surface area (Å²) in [6.45, 7) is 2.07. The Morgan fingerprint density at radius 3 is 2.88 bits per heavy atom. The summed E-state index contributed by atoms with van der Waals surface area (Å²) >= 11 is 0. The highest BCUT2D eigenvalue weighted by Gasteiger charge is 2.17. The Balaban J connectivity index is 1.44. The number of amides is 1. The molecule has 0 radical (unpaired) electrons. The number of anilines is 1. The molecule has 0 saturated heterocycles. The van der Waals surface area contributed by atoms with E-state index in [1.54, 1.807) is 23.9 Å². The van der Waals surface area contributed by atoms with Crippen molar-refractivity contribution < 1.29 is 18.7 Å². The van der Waals surface area contributed by atoms with Gasteiger partial charge in [-0.1, -0.05) is 11.2 Å². The highest BCUT2D eigenvalue weighted by atomic mass is 16.7. The molecule has 2 aromatic heterocycles. The maximum Gasteiger partial charge on any atom is 0.322 e. The van der Waals surface area contributed by atoms with Crippen molar-refractivity contribution in [1.82, 2.24) is 20.0 Å². The smallest absolute Gasteiger partial charge is 0.322 e. The van der Waals surface area contributed by atoms with Gasteiger partial charge < -0.3 is 13.9 Å². The molecule has 0 spiro atoms. The van der Waals surface area contributed by atoms with Crippen molar-refractivity contribution in [3.05, 3.63) is 35.5 Å². The summed E-state index contributed by atoms with van der Waals surface area (Å²) in [6, 6.07) is 7.23. The molecule has 9 nitrogen and oxygen atoms in total. The first-order valence-corrected chi connectivity index (χ1v) is 7.61. The molecule has 128 valence electrons. The van der Waals surface area contributed by atoms with E-state index in [1.165, 1.54) is 0 Å². The molecule has 1 amide bonds. The Morgan fingerprint density at radius 2 is 2.08 bits per heavy atom. The number of hydrogen-bond acceptors (Lipinski definition) is 7. The molecule has 4 rings (SSSR count). The zero-order valence-electron chi connectivity index (χ0n) is 13.6. The van der Waals surface area contributed by atoms with Gasteiger partial charge in [0.1, 0.15) is 5.69 Å². The van der Waals surface area contributed by atoms with Crippen molar-refractivity contribution in [2.75, 3.05) is 12.1 Å². The Morgan fingerprint density at radius 1 is 1.24 bits per heavy atom. The average Bonchev–Trinajstić information content (AvgIpc) is 3.27. The Kier molecular flexibility index (Phi) is 3.60. The molecule has 25 heavy (non-hydrogen) atoms. The molecule has 3 heterocycles. The summed E-state index contributed by atoms with van der Waals surface area (Å²) in [5, 5.41) is 14.6. The maximum atomic E-state index is 12.2. The molecule has 3 aromatic rings. The molecule has 1 aliphatic rings. The number of ether oxygens (including phenoxy) is 2. The van der Waals surface area contributed by atoms with Gasteiger partial charge in [-0.2, -0.15) is 5.10 Å². The van der Waals surface area contributed by atoms with Gasteiger partial charge in [-0.15, -0.1) is 5.10 Å². The number of nitrogens with zero attached hydrogens (tertiary/aromatic N) is 4. The van der Waals surface area contributed by atoms with Gasteiger partial charge in [0.25, 0.3) is 5.89 Å². The van der Waals surface area contributed by atoms with E-state index < -0.39 is 0 Å². The SMILES string of the molecule is Cc1cc(-c2nnc(NC(=O)Cc3ccc4c(c3)OCO4)o2)n(C)n1. The second-order valence-corrected chi connectivity index (χ2v) is 5.62. The molecule has 0 aliphatic carbocycles. The van der Waals surface area contributed by atoms with Crippen molar-refractivity contribution in [3.63, 3.8) is 0 Å². The minimum absolute atomic E-state index is 0.0413. The van der Waals surface area contributed by atoms with Crippen LogP contribution in [0.15, 0.2) is 28.7 Å². The van der Waals surface area contributed by atoms with Crippen LogP contribution in [0.25, 0.3) is 11.6 Å². The third-order valence-electron chi connectivity index (χ3n) is 3.69. The molecule has 0 saturated carbocycles.